The largest absolute Gasteiger partial charge is 0.486 e. The molecular formula is C26H22Cl3NO2. The van der Waals surface area contributed by atoms with E-state index in [4.69, 9.17) is 39.5 Å². The van der Waals surface area contributed by atoms with E-state index in [0.717, 1.165) is 22.4 Å². The fourth-order valence-electron chi connectivity index (χ4n) is 3.70. The summed E-state index contributed by atoms with van der Waals surface area (Å²) in [7, 11) is 0. The monoisotopic (exact) mass is 485 g/mol. The Hall–Kier alpha value is -2.46. The van der Waals surface area contributed by atoms with Crippen molar-refractivity contribution in [3.63, 3.8) is 0 Å². The van der Waals surface area contributed by atoms with Crippen LogP contribution in [-0.2, 0) is 11.4 Å². The zero-order valence-electron chi connectivity index (χ0n) is 17.7. The molecule has 0 aromatic heterocycles. The van der Waals surface area contributed by atoms with Crippen LogP contribution in [0.1, 0.15) is 30.5 Å². The van der Waals surface area contributed by atoms with E-state index >= 15 is 0 Å². The number of fused-ring (bicyclic) bond motifs is 1. The van der Waals surface area contributed by atoms with E-state index in [1.54, 1.807) is 24.3 Å². The molecule has 0 radical (unpaired) electrons. The normalized spacial score (nSPS) is 14.4. The van der Waals surface area contributed by atoms with Crippen LogP contribution in [0.5, 0.6) is 5.75 Å². The lowest BCUT2D eigenvalue weighted by atomic mass is 10.0. The molecule has 1 amide bonds. The topological polar surface area (TPSA) is 29.5 Å². The summed E-state index contributed by atoms with van der Waals surface area (Å²) in [5, 5.41) is 1.43. The lowest BCUT2D eigenvalue weighted by molar-refractivity contribution is -0.113. The number of rotatable bonds is 6. The zero-order chi connectivity index (χ0) is 22.8. The molecule has 32 heavy (non-hydrogen) atoms. The number of hydrogen-bond donors (Lipinski definition) is 0. The minimum atomic E-state index is -0.0183. The quantitative estimate of drug-likeness (QED) is 0.333. The number of amides is 1. The molecule has 0 N–H and O–H groups in total. The minimum Gasteiger partial charge on any atom is -0.486 e. The number of benzene rings is 3. The second-order valence-corrected chi connectivity index (χ2v) is 9.36. The summed E-state index contributed by atoms with van der Waals surface area (Å²) in [6.45, 7) is 5.17. The van der Waals surface area contributed by atoms with Crippen molar-refractivity contribution in [3.8, 4) is 5.75 Å². The molecule has 164 valence electrons. The summed E-state index contributed by atoms with van der Waals surface area (Å²) in [5.74, 6) is 0.743. The Morgan fingerprint density at radius 1 is 0.969 bits per heavy atom. The van der Waals surface area contributed by atoms with E-state index in [2.05, 4.69) is 13.8 Å². The summed E-state index contributed by atoms with van der Waals surface area (Å²) in [6, 6.07) is 18.7. The highest BCUT2D eigenvalue weighted by atomic mass is 35.5. The Morgan fingerprint density at radius 3 is 2.28 bits per heavy atom. The van der Waals surface area contributed by atoms with Crippen molar-refractivity contribution in [2.45, 2.75) is 20.5 Å². The summed E-state index contributed by atoms with van der Waals surface area (Å²) >= 11 is 18.9. The van der Waals surface area contributed by atoms with Crippen molar-refractivity contribution in [3.05, 3.63) is 92.4 Å². The van der Waals surface area contributed by atoms with Crippen LogP contribution >= 0.6 is 34.8 Å². The molecule has 1 aliphatic rings. The van der Waals surface area contributed by atoms with Crippen LogP contribution in [0.3, 0.4) is 0 Å². The Bertz CT molecular complexity index is 1160. The first kappa shape index (κ1) is 22.7. The van der Waals surface area contributed by atoms with Gasteiger partial charge in [0.05, 0.1) is 15.7 Å². The predicted molar refractivity (Wildman–Crippen MR) is 134 cm³/mol. The van der Waals surface area contributed by atoms with Gasteiger partial charge in [-0.05, 0) is 53.5 Å². The van der Waals surface area contributed by atoms with Gasteiger partial charge >= 0.3 is 0 Å². The third kappa shape index (κ3) is 4.80. The van der Waals surface area contributed by atoms with Crippen molar-refractivity contribution in [2.75, 3.05) is 11.4 Å². The molecule has 0 saturated carbocycles. The number of nitrogens with zero attached hydrogens (tertiary/aromatic N) is 1. The van der Waals surface area contributed by atoms with Gasteiger partial charge in [0.25, 0.3) is 5.91 Å². The number of anilines is 1. The second kappa shape index (κ2) is 9.58. The van der Waals surface area contributed by atoms with Crippen molar-refractivity contribution in [2.24, 2.45) is 5.92 Å². The molecule has 6 heteroatoms. The average molecular weight is 487 g/mol. The third-order valence-electron chi connectivity index (χ3n) is 5.14. The maximum atomic E-state index is 13.2. The number of ether oxygens (including phenoxy) is 1. The van der Waals surface area contributed by atoms with Gasteiger partial charge in [0, 0.05) is 22.7 Å². The number of carbonyl (C=O) groups is 1. The van der Waals surface area contributed by atoms with E-state index in [1.807, 2.05) is 47.4 Å². The van der Waals surface area contributed by atoms with Crippen LogP contribution in [0.4, 0.5) is 5.69 Å². The van der Waals surface area contributed by atoms with Crippen LogP contribution < -0.4 is 9.64 Å². The van der Waals surface area contributed by atoms with Gasteiger partial charge in [-0.25, -0.2) is 0 Å². The van der Waals surface area contributed by atoms with Crippen LogP contribution in [0, 0.1) is 5.92 Å². The Morgan fingerprint density at radius 2 is 1.62 bits per heavy atom. The zero-order valence-corrected chi connectivity index (χ0v) is 20.0. The van der Waals surface area contributed by atoms with E-state index in [9.17, 15) is 4.79 Å². The van der Waals surface area contributed by atoms with Crippen LogP contribution in [0.2, 0.25) is 15.1 Å². The molecule has 0 atom stereocenters. The smallest absolute Gasteiger partial charge is 0.259 e. The number of carbonyl (C=O) groups excluding carboxylic acids is 1. The highest BCUT2D eigenvalue weighted by molar-refractivity contribution is 6.38. The molecule has 1 aliphatic heterocycles. The van der Waals surface area contributed by atoms with Gasteiger partial charge in [0.1, 0.15) is 6.61 Å². The SMILES string of the molecule is CC(C)CN1C(=O)/C(=C\c2cc(Cl)c(OCc3ccc(Cl)cc3)c(Cl)c2)c2ccccc21. The Labute approximate surface area is 203 Å². The number of hydrogen-bond acceptors (Lipinski definition) is 2. The molecule has 3 nitrogen and oxygen atoms in total. The second-order valence-electron chi connectivity index (χ2n) is 8.11. The van der Waals surface area contributed by atoms with E-state index < -0.39 is 0 Å². The van der Waals surface area contributed by atoms with Crippen LogP contribution in [-0.4, -0.2) is 12.5 Å². The first-order chi connectivity index (χ1) is 15.3. The Kier molecular flexibility index (Phi) is 6.80. The molecule has 1 heterocycles. The number of halogens is 3. The summed E-state index contributed by atoms with van der Waals surface area (Å²) in [5.41, 5.74) is 4.16. The fourth-order valence-corrected chi connectivity index (χ4v) is 4.44. The van der Waals surface area contributed by atoms with E-state index in [-0.39, 0.29) is 5.91 Å². The molecule has 0 fully saturated rings. The highest BCUT2D eigenvalue weighted by Gasteiger charge is 2.32. The molecule has 0 bridgehead atoms. The molecule has 3 aromatic rings. The third-order valence-corrected chi connectivity index (χ3v) is 5.95. The van der Waals surface area contributed by atoms with Crippen molar-refractivity contribution in [1.82, 2.24) is 0 Å². The van der Waals surface area contributed by atoms with Crippen molar-refractivity contribution in [1.29, 1.82) is 0 Å². The fraction of sp³-hybridized carbons (Fsp3) is 0.192. The van der Waals surface area contributed by atoms with E-state index in [0.29, 0.717) is 45.5 Å². The highest BCUT2D eigenvalue weighted by Crippen LogP contribution is 2.40. The van der Waals surface area contributed by atoms with Crippen LogP contribution in [0.25, 0.3) is 11.6 Å². The molecule has 4 rings (SSSR count). The first-order valence-corrected chi connectivity index (χ1v) is 11.5. The van der Waals surface area contributed by atoms with Gasteiger partial charge in [-0.3, -0.25) is 4.79 Å². The molecule has 0 unspecified atom stereocenters. The van der Waals surface area contributed by atoms with Gasteiger partial charge in [0.15, 0.2) is 5.75 Å². The molecule has 0 spiro atoms. The summed E-state index contributed by atoms with van der Waals surface area (Å²) in [4.78, 5) is 15.0. The standard InChI is InChI=1S/C26H22Cl3NO2/c1-16(2)14-30-24-6-4-3-5-20(24)21(26(30)31)11-18-12-22(28)25(23(29)13-18)32-15-17-7-9-19(27)10-8-17/h3-13,16H,14-15H2,1-2H3/b21-11-. The van der Waals surface area contributed by atoms with E-state index in [1.165, 1.54) is 0 Å². The molecule has 0 saturated heterocycles. The summed E-state index contributed by atoms with van der Waals surface area (Å²) < 4.78 is 5.85. The molecular weight excluding hydrogens is 465 g/mol. The van der Waals surface area contributed by atoms with Crippen molar-refractivity contribution >= 4 is 58.0 Å². The summed E-state index contributed by atoms with van der Waals surface area (Å²) in [6.07, 6.45) is 1.84. The lowest BCUT2D eigenvalue weighted by Gasteiger charge is -2.19. The van der Waals surface area contributed by atoms with Gasteiger partial charge in [-0.2, -0.15) is 0 Å². The first-order valence-electron chi connectivity index (χ1n) is 10.3. The van der Waals surface area contributed by atoms with Gasteiger partial charge < -0.3 is 9.64 Å². The maximum Gasteiger partial charge on any atom is 0.259 e. The molecule has 3 aromatic carbocycles. The van der Waals surface area contributed by atoms with Gasteiger partial charge in [0.2, 0.25) is 0 Å². The van der Waals surface area contributed by atoms with Gasteiger partial charge in [-0.1, -0.05) is 79.0 Å². The minimum absolute atomic E-state index is 0.0183. The van der Waals surface area contributed by atoms with Crippen LogP contribution in [0.15, 0.2) is 60.7 Å². The lowest BCUT2D eigenvalue weighted by Crippen LogP contribution is -2.30. The Balaban J connectivity index is 1.62. The number of para-hydroxylation sites is 1. The average Bonchev–Trinajstić information content (AvgIpc) is 3.00. The predicted octanol–water partition coefficient (Wildman–Crippen LogP) is 7.77. The molecule has 0 aliphatic carbocycles. The van der Waals surface area contributed by atoms with Crippen molar-refractivity contribution < 1.29 is 9.53 Å². The maximum absolute atomic E-state index is 13.2. The van der Waals surface area contributed by atoms with Gasteiger partial charge in [-0.15, -0.1) is 0 Å².